The van der Waals surface area contributed by atoms with E-state index in [9.17, 15) is 0 Å². The molecule has 1 aromatic rings. The summed E-state index contributed by atoms with van der Waals surface area (Å²) in [4.78, 5) is 2.02. The van der Waals surface area contributed by atoms with E-state index in [0.717, 1.165) is 11.3 Å². The van der Waals surface area contributed by atoms with E-state index in [-0.39, 0.29) is 6.61 Å². The number of rotatable bonds is 7. The molecule has 0 saturated heterocycles. The Morgan fingerprint density at radius 1 is 1.56 bits per heavy atom. The van der Waals surface area contributed by atoms with Gasteiger partial charge in [-0.05, 0) is 17.7 Å². The number of aliphatic hydroxyl groups is 1. The Kier molecular flexibility index (Phi) is 5.92. The number of nitriles is 1. The van der Waals surface area contributed by atoms with Crippen LogP contribution in [0.25, 0.3) is 0 Å². The molecule has 18 heavy (non-hydrogen) atoms. The van der Waals surface area contributed by atoms with Crippen molar-refractivity contribution < 1.29 is 9.84 Å². The molecule has 0 atom stereocenters. The van der Waals surface area contributed by atoms with Gasteiger partial charge in [-0.3, -0.25) is 0 Å². The summed E-state index contributed by atoms with van der Waals surface area (Å²) in [6, 6.07) is 7.53. The van der Waals surface area contributed by atoms with Gasteiger partial charge in [0, 0.05) is 20.2 Å². The molecule has 0 aliphatic heterocycles. The number of methoxy groups -OCH3 is 1. The summed E-state index contributed by atoms with van der Waals surface area (Å²) in [5.41, 5.74) is 2.13. The van der Waals surface area contributed by atoms with E-state index >= 15 is 0 Å². The number of ether oxygens (including phenoxy) is 1. The molecule has 0 aliphatic carbocycles. The van der Waals surface area contributed by atoms with Crippen molar-refractivity contribution in [3.05, 3.63) is 42.0 Å². The molecule has 1 N–H and O–H groups in total. The van der Waals surface area contributed by atoms with E-state index in [0.29, 0.717) is 25.3 Å². The Balaban J connectivity index is 3.03. The molecule has 4 heteroatoms. The van der Waals surface area contributed by atoms with Crippen molar-refractivity contribution in [2.45, 2.75) is 6.61 Å². The Morgan fingerprint density at radius 3 is 2.89 bits per heavy atom. The molecule has 0 aromatic heterocycles. The van der Waals surface area contributed by atoms with Gasteiger partial charge in [0.1, 0.15) is 6.07 Å². The molecule has 0 radical (unpaired) electrons. The minimum atomic E-state index is -0.0610. The van der Waals surface area contributed by atoms with E-state index < -0.39 is 0 Å². The van der Waals surface area contributed by atoms with Crippen molar-refractivity contribution in [1.82, 2.24) is 0 Å². The Bertz CT molecular complexity index is 438. The number of nitrogens with zero attached hydrogens (tertiary/aromatic N) is 2. The van der Waals surface area contributed by atoms with Crippen molar-refractivity contribution in [3.63, 3.8) is 0 Å². The Morgan fingerprint density at radius 2 is 2.33 bits per heavy atom. The number of hydrogen-bond acceptors (Lipinski definition) is 4. The third-order valence-electron chi connectivity index (χ3n) is 2.62. The molecular formula is C14H18N2O2. The highest BCUT2D eigenvalue weighted by Crippen LogP contribution is 2.21. The summed E-state index contributed by atoms with van der Waals surface area (Å²) in [6.07, 6.45) is 1.79. The number of hydrogen-bond donors (Lipinski definition) is 1. The number of benzene rings is 1. The van der Waals surface area contributed by atoms with E-state index in [2.05, 4.69) is 12.6 Å². The molecule has 96 valence electrons. The van der Waals surface area contributed by atoms with E-state index in [1.807, 2.05) is 17.0 Å². The average molecular weight is 246 g/mol. The molecule has 4 nitrogen and oxygen atoms in total. The van der Waals surface area contributed by atoms with Crippen LogP contribution in [0.1, 0.15) is 11.1 Å². The third kappa shape index (κ3) is 3.59. The van der Waals surface area contributed by atoms with Crippen LogP contribution in [0.3, 0.4) is 0 Å². The zero-order valence-corrected chi connectivity index (χ0v) is 10.6. The van der Waals surface area contributed by atoms with Crippen molar-refractivity contribution >= 4 is 5.69 Å². The molecule has 0 amide bonds. The topological polar surface area (TPSA) is 56.5 Å². The lowest BCUT2D eigenvalue weighted by atomic mass is 10.1. The fourth-order valence-electron chi connectivity index (χ4n) is 1.71. The monoisotopic (exact) mass is 246 g/mol. The van der Waals surface area contributed by atoms with Crippen LogP contribution in [-0.4, -0.2) is 31.9 Å². The predicted octanol–water partition coefficient (Wildman–Crippen LogP) is 1.69. The lowest BCUT2D eigenvalue weighted by Gasteiger charge is -2.24. The first-order valence-corrected chi connectivity index (χ1v) is 5.75. The summed E-state index contributed by atoms with van der Waals surface area (Å²) in [6.45, 7) is 5.58. The molecule has 0 bridgehead atoms. The van der Waals surface area contributed by atoms with Crippen LogP contribution in [-0.2, 0) is 11.3 Å². The van der Waals surface area contributed by atoms with Gasteiger partial charge in [-0.1, -0.05) is 12.1 Å². The van der Waals surface area contributed by atoms with Crippen LogP contribution in [0.5, 0.6) is 0 Å². The summed E-state index contributed by atoms with van der Waals surface area (Å²) < 4.78 is 5.06. The summed E-state index contributed by atoms with van der Waals surface area (Å²) in [5, 5.41) is 18.2. The molecule has 0 fully saturated rings. The highest BCUT2D eigenvalue weighted by molar-refractivity contribution is 5.60. The maximum Gasteiger partial charge on any atom is 0.101 e. The van der Waals surface area contributed by atoms with Gasteiger partial charge in [-0.2, -0.15) is 5.26 Å². The van der Waals surface area contributed by atoms with Crippen LogP contribution in [0.2, 0.25) is 0 Å². The van der Waals surface area contributed by atoms with Crippen molar-refractivity contribution in [2.75, 3.05) is 31.7 Å². The zero-order chi connectivity index (χ0) is 13.4. The fourth-order valence-corrected chi connectivity index (χ4v) is 1.71. The first kappa shape index (κ1) is 14.2. The number of anilines is 1. The highest BCUT2D eigenvalue weighted by Gasteiger charge is 2.10. The lowest BCUT2D eigenvalue weighted by Crippen LogP contribution is -2.28. The van der Waals surface area contributed by atoms with Gasteiger partial charge in [0.25, 0.3) is 0 Å². The standard InChI is InChI=1S/C14H18N2O2/c1-3-6-16(7-8-18-2)14-5-4-12(11-17)9-13(14)10-15/h3-5,9,17H,1,6-8,11H2,2H3. The Hall–Kier alpha value is -1.83. The predicted molar refractivity (Wildman–Crippen MR) is 71.4 cm³/mol. The second-order valence-corrected chi connectivity index (χ2v) is 3.85. The van der Waals surface area contributed by atoms with Crippen LogP contribution in [0.15, 0.2) is 30.9 Å². The number of aliphatic hydroxyl groups excluding tert-OH is 1. The summed E-state index contributed by atoms with van der Waals surface area (Å²) in [5.74, 6) is 0. The lowest BCUT2D eigenvalue weighted by molar-refractivity contribution is 0.206. The van der Waals surface area contributed by atoms with Gasteiger partial charge in [-0.25, -0.2) is 0 Å². The Labute approximate surface area is 108 Å². The zero-order valence-electron chi connectivity index (χ0n) is 10.6. The van der Waals surface area contributed by atoms with Gasteiger partial charge < -0.3 is 14.7 Å². The molecule has 0 unspecified atom stereocenters. The summed E-state index contributed by atoms with van der Waals surface area (Å²) in [7, 11) is 1.64. The van der Waals surface area contributed by atoms with E-state index in [1.54, 1.807) is 19.3 Å². The molecule has 0 saturated carbocycles. The normalized spacial score (nSPS) is 9.83. The largest absolute Gasteiger partial charge is 0.392 e. The van der Waals surface area contributed by atoms with Crippen LogP contribution >= 0.6 is 0 Å². The fraction of sp³-hybridized carbons (Fsp3) is 0.357. The van der Waals surface area contributed by atoms with Gasteiger partial charge in [-0.15, -0.1) is 6.58 Å². The maximum atomic E-state index is 9.17. The van der Waals surface area contributed by atoms with Crippen molar-refractivity contribution in [2.24, 2.45) is 0 Å². The summed E-state index contributed by atoms with van der Waals surface area (Å²) >= 11 is 0. The van der Waals surface area contributed by atoms with Crippen LogP contribution < -0.4 is 4.90 Å². The van der Waals surface area contributed by atoms with Crippen molar-refractivity contribution in [3.8, 4) is 6.07 Å². The second kappa shape index (κ2) is 7.49. The van der Waals surface area contributed by atoms with Gasteiger partial charge in [0.2, 0.25) is 0 Å². The molecule has 1 aromatic carbocycles. The van der Waals surface area contributed by atoms with E-state index in [4.69, 9.17) is 15.1 Å². The SMILES string of the molecule is C=CCN(CCOC)c1ccc(CO)cc1C#N. The molecule has 1 rings (SSSR count). The molecule has 0 spiro atoms. The van der Waals surface area contributed by atoms with E-state index in [1.165, 1.54) is 0 Å². The highest BCUT2D eigenvalue weighted by atomic mass is 16.5. The van der Waals surface area contributed by atoms with Crippen LogP contribution in [0.4, 0.5) is 5.69 Å². The maximum absolute atomic E-state index is 9.17. The molecule has 0 heterocycles. The molecular weight excluding hydrogens is 228 g/mol. The first-order chi connectivity index (χ1) is 8.76. The molecule has 0 aliphatic rings. The quantitative estimate of drug-likeness (QED) is 0.744. The third-order valence-corrected chi connectivity index (χ3v) is 2.62. The smallest absolute Gasteiger partial charge is 0.101 e. The van der Waals surface area contributed by atoms with Gasteiger partial charge in [0.05, 0.1) is 24.5 Å². The minimum Gasteiger partial charge on any atom is -0.392 e. The van der Waals surface area contributed by atoms with Crippen LogP contribution in [0, 0.1) is 11.3 Å². The van der Waals surface area contributed by atoms with Gasteiger partial charge in [0.15, 0.2) is 0 Å². The average Bonchev–Trinajstić information content (AvgIpc) is 2.42. The minimum absolute atomic E-state index is 0.0610. The first-order valence-electron chi connectivity index (χ1n) is 5.75. The van der Waals surface area contributed by atoms with Crippen molar-refractivity contribution in [1.29, 1.82) is 5.26 Å². The second-order valence-electron chi connectivity index (χ2n) is 3.85. The van der Waals surface area contributed by atoms with Gasteiger partial charge >= 0.3 is 0 Å².